The van der Waals surface area contributed by atoms with Gasteiger partial charge in [0.05, 0.1) is 23.1 Å². The molecule has 0 saturated heterocycles. The van der Waals surface area contributed by atoms with E-state index in [1.807, 2.05) is 5.38 Å². The summed E-state index contributed by atoms with van der Waals surface area (Å²) < 4.78 is 11.3. The molecule has 4 aromatic rings. The van der Waals surface area contributed by atoms with E-state index in [0.717, 1.165) is 5.69 Å². The molecule has 9 heteroatoms. The molecule has 4 rings (SSSR count). The van der Waals surface area contributed by atoms with Crippen LogP contribution in [0.2, 0.25) is 0 Å². The molecule has 0 aliphatic heterocycles. The number of amides is 2. The summed E-state index contributed by atoms with van der Waals surface area (Å²) in [6.45, 7) is 0.336. The highest BCUT2D eigenvalue weighted by Crippen LogP contribution is 2.22. The van der Waals surface area contributed by atoms with Crippen molar-refractivity contribution in [2.75, 3.05) is 5.32 Å². The maximum atomic E-state index is 12.6. The molecule has 0 saturated carbocycles. The van der Waals surface area contributed by atoms with Crippen molar-refractivity contribution in [3.63, 3.8) is 0 Å². The van der Waals surface area contributed by atoms with E-state index in [9.17, 15) is 9.59 Å². The van der Waals surface area contributed by atoms with E-state index in [1.165, 1.54) is 23.6 Å². The summed E-state index contributed by atoms with van der Waals surface area (Å²) in [5.74, 6) is 0.473. The Balaban J connectivity index is 1.37. The second-order valence-corrected chi connectivity index (χ2v) is 7.35. The molecule has 0 aliphatic carbocycles. The van der Waals surface area contributed by atoms with Gasteiger partial charge >= 0.3 is 0 Å². The third-order valence-corrected chi connectivity index (χ3v) is 4.94. The van der Waals surface area contributed by atoms with Crippen LogP contribution in [0.15, 0.2) is 77.8 Å². The van der Waals surface area contributed by atoms with Gasteiger partial charge < -0.3 is 20.5 Å². The lowest BCUT2D eigenvalue weighted by Gasteiger charge is -2.09. The van der Waals surface area contributed by atoms with Gasteiger partial charge in [0.15, 0.2) is 0 Å². The van der Waals surface area contributed by atoms with Crippen LogP contribution >= 0.6 is 11.3 Å². The van der Waals surface area contributed by atoms with Gasteiger partial charge in [-0.2, -0.15) is 0 Å². The lowest BCUT2D eigenvalue weighted by Crippen LogP contribution is -2.12. The molecule has 0 spiro atoms. The SMILES string of the molecule is NC(=O)c1cccc(Oc2ccc(NC(=O)c3cccc(OCc4cscn4)c3)cn2)c1. The molecular formula is C23H18N4O4S. The summed E-state index contributed by atoms with van der Waals surface area (Å²) in [5, 5.41) is 4.69. The summed E-state index contributed by atoms with van der Waals surface area (Å²) in [6.07, 6.45) is 1.48. The van der Waals surface area contributed by atoms with E-state index in [-0.39, 0.29) is 5.91 Å². The molecule has 0 bridgehead atoms. The highest BCUT2D eigenvalue weighted by atomic mass is 32.1. The van der Waals surface area contributed by atoms with Crippen molar-refractivity contribution in [2.45, 2.75) is 6.61 Å². The Hall–Kier alpha value is -4.24. The second-order valence-electron chi connectivity index (χ2n) is 6.63. The molecule has 160 valence electrons. The minimum Gasteiger partial charge on any atom is -0.487 e. The van der Waals surface area contributed by atoms with Gasteiger partial charge in [-0.25, -0.2) is 9.97 Å². The van der Waals surface area contributed by atoms with Gasteiger partial charge in [0.2, 0.25) is 11.8 Å². The standard InChI is InChI=1S/C23H18N4O4S/c24-22(28)15-3-1-6-20(9-15)31-21-8-7-17(11-25-21)27-23(29)16-4-2-5-19(10-16)30-12-18-13-32-14-26-18/h1-11,13-14H,12H2,(H2,24,28)(H,27,29). The summed E-state index contributed by atoms with van der Waals surface area (Å²) in [5.41, 5.74) is 9.14. The number of anilines is 1. The molecule has 0 aliphatic rings. The zero-order chi connectivity index (χ0) is 22.3. The number of thiazole rings is 1. The smallest absolute Gasteiger partial charge is 0.255 e. The first-order valence-electron chi connectivity index (χ1n) is 9.52. The largest absolute Gasteiger partial charge is 0.487 e. The average molecular weight is 446 g/mol. The van der Waals surface area contributed by atoms with Gasteiger partial charge in [-0.05, 0) is 42.5 Å². The van der Waals surface area contributed by atoms with Crippen LogP contribution in [0.3, 0.4) is 0 Å². The number of hydrogen-bond acceptors (Lipinski definition) is 7. The number of nitrogens with zero attached hydrogens (tertiary/aromatic N) is 2. The number of ether oxygens (including phenoxy) is 2. The van der Waals surface area contributed by atoms with Crippen LogP contribution < -0.4 is 20.5 Å². The van der Waals surface area contributed by atoms with Crippen LogP contribution in [-0.4, -0.2) is 21.8 Å². The van der Waals surface area contributed by atoms with Crippen molar-refractivity contribution < 1.29 is 19.1 Å². The molecule has 3 N–H and O–H groups in total. The van der Waals surface area contributed by atoms with Crippen molar-refractivity contribution in [1.29, 1.82) is 0 Å². The first kappa shape index (κ1) is 21.0. The zero-order valence-corrected chi connectivity index (χ0v) is 17.5. The van der Waals surface area contributed by atoms with Crippen molar-refractivity contribution in [2.24, 2.45) is 5.73 Å². The normalized spacial score (nSPS) is 10.4. The quantitative estimate of drug-likeness (QED) is 0.418. The number of nitrogens with one attached hydrogen (secondary N) is 1. The lowest BCUT2D eigenvalue weighted by atomic mass is 10.2. The number of rotatable bonds is 8. The highest BCUT2D eigenvalue weighted by molar-refractivity contribution is 7.07. The number of primary amides is 1. The Bertz CT molecular complexity index is 1230. The van der Waals surface area contributed by atoms with Crippen LogP contribution in [0, 0.1) is 0 Å². The second kappa shape index (κ2) is 9.71. The van der Waals surface area contributed by atoms with Gasteiger partial charge in [0, 0.05) is 22.6 Å². The van der Waals surface area contributed by atoms with Crippen molar-refractivity contribution in [3.05, 3.63) is 94.6 Å². The van der Waals surface area contributed by atoms with Crippen molar-refractivity contribution in [3.8, 4) is 17.4 Å². The summed E-state index contributed by atoms with van der Waals surface area (Å²) in [7, 11) is 0. The molecule has 8 nitrogen and oxygen atoms in total. The van der Waals surface area contributed by atoms with E-state index in [2.05, 4.69) is 15.3 Å². The van der Waals surface area contributed by atoms with Gasteiger partial charge in [-0.15, -0.1) is 11.3 Å². The molecule has 0 atom stereocenters. The third kappa shape index (κ3) is 5.46. The van der Waals surface area contributed by atoms with Crippen LogP contribution in [0.25, 0.3) is 0 Å². The molecule has 2 aromatic carbocycles. The molecular weight excluding hydrogens is 428 g/mol. The van der Waals surface area contributed by atoms with Crippen LogP contribution in [0.5, 0.6) is 17.4 Å². The lowest BCUT2D eigenvalue weighted by molar-refractivity contribution is 0.0997. The minimum atomic E-state index is -0.543. The predicted molar refractivity (Wildman–Crippen MR) is 120 cm³/mol. The number of aromatic nitrogens is 2. The summed E-state index contributed by atoms with van der Waals surface area (Å²) in [4.78, 5) is 32.2. The Morgan fingerprint density at radius 2 is 1.75 bits per heavy atom. The number of benzene rings is 2. The van der Waals surface area contributed by atoms with E-state index >= 15 is 0 Å². The molecule has 32 heavy (non-hydrogen) atoms. The van der Waals surface area contributed by atoms with Crippen LogP contribution in [0.1, 0.15) is 26.4 Å². The first-order chi connectivity index (χ1) is 15.6. The number of carbonyl (C=O) groups is 2. The van der Waals surface area contributed by atoms with Crippen LogP contribution in [-0.2, 0) is 6.61 Å². The Labute approximate surface area is 187 Å². The van der Waals surface area contributed by atoms with E-state index in [4.69, 9.17) is 15.2 Å². The van der Waals surface area contributed by atoms with Crippen molar-refractivity contribution >= 4 is 28.8 Å². The maximum absolute atomic E-state index is 12.6. The summed E-state index contributed by atoms with van der Waals surface area (Å²) in [6, 6.07) is 16.7. The monoisotopic (exact) mass is 446 g/mol. The Morgan fingerprint density at radius 3 is 2.47 bits per heavy atom. The van der Waals surface area contributed by atoms with E-state index in [1.54, 1.807) is 60.1 Å². The fourth-order valence-corrected chi connectivity index (χ4v) is 3.29. The molecule has 0 unspecified atom stereocenters. The minimum absolute atomic E-state index is 0.297. The molecule has 2 amide bonds. The number of pyridine rings is 1. The van der Waals surface area contributed by atoms with E-state index in [0.29, 0.717) is 40.8 Å². The maximum Gasteiger partial charge on any atom is 0.255 e. The van der Waals surface area contributed by atoms with Gasteiger partial charge in [0.1, 0.15) is 18.1 Å². The molecule has 0 fully saturated rings. The topological polar surface area (TPSA) is 116 Å². The molecule has 2 aromatic heterocycles. The van der Waals surface area contributed by atoms with Crippen molar-refractivity contribution in [1.82, 2.24) is 9.97 Å². The first-order valence-corrected chi connectivity index (χ1v) is 10.5. The van der Waals surface area contributed by atoms with E-state index < -0.39 is 5.91 Å². The fraction of sp³-hybridized carbons (Fsp3) is 0.0435. The summed E-state index contributed by atoms with van der Waals surface area (Å²) >= 11 is 1.50. The van der Waals surface area contributed by atoms with Gasteiger partial charge in [-0.3, -0.25) is 9.59 Å². The highest BCUT2D eigenvalue weighted by Gasteiger charge is 2.09. The predicted octanol–water partition coefficient (Wildman–Crippen LogP) is 4.26. The zero-order valence-electron chi connectivity index (χ0n) is 16.7. The van der Waals surface area contributed by atoms with Gasteiger partial charge in [0.25, 0.3) is 5.91 Å². The molecule has 0 radical (unpaired) electrons. The third-order valence-electron chi connectivity index (χ3n) is 4.30. The van der Waals surface area contributed by atoms with Gasteiger partial charge in [-0.1, -0.05) is 12.1 Å². The number of hydrogen-bond donors (Lipinski definition) is 2. The average Bonchev–Trinajstić information content (AvgIpc) is 3.33. The number of carbonyl (C=O) groups excluding carboxylic acids is 2. The molecule has 2 heterocycles. The van der Waals surface area contributed by atoms with Crippen LogP contribution in [0.4, 0.5) is 5.69 Å². The Morgan fingerprint density at radius 1 is 0.969 bits per heavy atom. The fourth-order valence-electron chi connectivity index (χ4n) is 2.74. The number of nitrogens with two attached hydrogens (primary N) is 1. The Kier molecular flexibility index (Phi) is 6.38.